The number of nitrogens with zero attached hydrogens (tertiary/aromatic N) is 6. The number of aromatic nitrogens is 2. The van der Waals surface area contributed by atoms with Crippen LogP contribution in [0.5, 0.6) is 0 Å². The number of aryl methyl sites for hydroxylation is 1. The number of H-pyrrole nitrogens is 1. The molecule has 0 bridgehead atoms. The van der Waals surface area contributed by atoms with E-state index in [0.717, 1.165) is 139 Å². The van der Waals surface area contributed by atoms with E-state index in [1.54, 1.807) is 24.5 Å². The highest BCUT2D eigenvalue weighted by Crippen LogP contribution is 2.38. The molecule has 22 nitrogen and oxygen atoms in total. The molecular formula is C128H166N14O8. The average Bonchev–Trinajstić information content (AvgIpc) is 1.52. The molecule has 16 rings (SSSR count). The van der Waals surface area contributed by atoms with Gasteiger partial charge in [0.15, 0.2) is 0 Å². The lowest BCUT2D eigenvalue weighted by molar-refractivity contribution is -0.118. The van der Waals surface area contributed by atoms with E-state index in [1.807, 2.05) is 220 Å². The topological polar surface area (TPSA) is 254 Å². The second-order valence-corrected chi connectivity index (χ2v) is 46.8. The van der Waals surface area contributed by atoms with E-state index in [0.29, 0.717) is 33.4 Å². The summed E-state index contributed by atoms with van der Waals surface area (Å²) in [4.78, 5) is 101. The fraction of sp³-hybridized carbons (Fsp3) is 0.383. The highest BCUT2D eigenvalue weighted by Gasteiger charge is 2.29. The molecule has 0 saturated carbocycles. The minimum absolute atomic E-state index is 0.000557. The van der Waals surface area contributed by atoms with Crippen LogP contribution in [0.2, 0.25) is 0 Å². The molecule has 7 amide bonds. The van der Waals surface area contributed by atoms with Crippen LogP contribution in [-0.4, -0.2) is 150 Å². The molecule has 0 radical (unpaired) electrons. The number of piperazine rings is 2. The zero-order valence-corrected chi connectivity index (χ0v) is 93.9. The molecule has 3 aliphatic rings. The van der Waals surface area contributed by atoms with Gasteiger partial charge in [-0.3, -0.25) is 43.4 Å². The third-order valence-electron chi connectivity index (χ3n) is 26.4. The first-order chi connectivity index (χ1) is 70.8. The zero-order valence-electron chi connectivity index (χ0n) is 93.9. The summed E-state index contributed by atoms with van der Waals surface area (Å²) in [5.41, 5.74) is 21.8. The van der Waals surface area contributed by atoms with Gasteiger partial charge >= 0.3 is 0 Å². The number of piperidine rings is 1. The van der Waals surface area contributed by atoms with Crippen LogP contribution in [0.15, 0.2) is 303 Å². The van der Waals surface area contributed by atoms with Crippen molar-refractivity contribution in [3.63, 3.8) is 0 Å². The maximum atomic E-state index is 12.7. The van der Waals surface area contributed by atoms with Gasteiger partial charge in [-0.1, -0.05) is 317 Å². The Bertz CT molecular complexity index is 6380. The Morgan fingerprint density at radius 1 is 0.293 bits per heavy atom. The first-order valence-electron chi connectivity index (χ1n) is 52.7. The van der Waals surface area contributed by atoms with Crippen molar-refractivity contribution in [2.24, 2.45) is 13.0 Å². The number of hydrogen-bond donors (Lipinski definition) is 8. The number of amides is 7. The summed E-state index contributed by atoms with van der Waals surface area (Å²) in [7, 11) is 6.22. The Balaban J connectivity index is 0.000000180. The van der Waals surface area contributed by atoms with Crippen LogP contribution in [0.25, 0.3) is 0 Å². The number of carbonyl (C=O) groups is 7. The van der Waals surface area contributed by atoms with Crippen LogP contribution >= 0.6 is 0 Å². The fourth-order valence-electron chi connectivity index (χ4n) is 17.7. The Labute approximate surface area is 894 Å². The van der Waals surface area contributed by atoms with Crippen molar-refractivity contribution in [2.75, 3.05) is 122 Å². The molecule has 3 aliphatic heterocycles. The standard InChI is InChI=1S/C23H31N3O.C23H30N2O.C22H29N3O.C16H20N2O.C15H18N2O.C15H17NO2.C14H21NO/c1-23(2,3)20-7-5-6-8-21(20)24-22(27)19-11-9-18(10-12-19)17-26-15-13-25(4)14-16-26;1-23(2,3)20-9-5-6-10-21(20)24-22(26)19-13-11-18(12-14-19)17-25-15-7-4-8-16-25;1-22(2,3)19-7-5-6-8-20(19)23-21(26)17-9-11-18(12-10-17)25-15-13-24(4)14-16-25;1-16(2,3)13-7-5-6-8-14(13)17-15(19)12-9-10-18(4)11-12;1-15(2,3)12-6-4-5-7-13(12)17-14(18)11-8-9-16-10-11;1-15(2,3)12-6-4-5-7-13(12)16-14(17)11-8-9-18-10-11;1-10(2)13(16)15-12-9-7-6-8-11(12)14(3,4)5/h5-12H,13-17H2,1-4H3,(H,24,27);5-6,9-14H,4,7-8,15-17H2,1-3H3,(H,24,26);5-12H,13-16H2,1-4H3,(H,23,26);5-11H,1-4H3,(H,17,19);4-10,16H,1-3H3,(H,17,18);4-10H,1-3H3,(H,16,17);6-10H,1-5H3,(H,15,16). The summed E-state index contributed by atoms with van der Waals surface area (Å²) >= 11 is 0. The monoisotopic (exact) mass is 2030 g/mol. The average molecular weight is 2030 g/mol. The van der Waals surface area contributed by atoms with Crippen LogP contribution in [-0.2, 0) is 62.8 Å². The summed E-state index contributed by atoms with van der Waals surface area (Å²) in [5, 5.41) is 21.1. The molecule has 8 N–H and O–H groups in total. The number of nitrogens with one attached hydrogen (secondary N) is 8. The van der Waals surface area contributed by atoms with Crippen molar-refractivity contribution < 1.29 is 38.0 Å². The van der Waals surface area contributed by atoms with Gasteiger partial charge in [-0.25, -0.2) is 0 Å². The van der Waals surface area contributed by atoms with Gasteiger partial charge in [0.25, 0.3) is 35.4 Å². The molecule has 3 aromatic heterocycles. The minimum atomic E-state index is -0.152. The Morgan fingerprint density at radius 2 is 0.573 bits per heavy atom. The van der Waals surface area contributed by atoms with Crippen LogP contribution in [0.1, 0.15) is 291 Å². The lowest BCUT2D eigenvalue weighted by atomic mass is 9.85. The van der Waals surface area contributed by atoms with Crippen LogP contribution < -0.4 is 42.1 Å². The summed E-state index contributed by atoms with van der Waals surface area (Å²) in [6, 6.07) is 85.0. The number of carbonyl (C=O) groups excluding carboxylic acids is 7. The van der Waals surface area contributed by atoms with Gasteiger partial charge in [0.05, 0.1) is 23.0 Å². The van der Waals surface area contributed by atoms with Gasteiger partial charge in [-0.05, 0) is 237 Å². The number of aromatic amines is 1. The fourth-order valence-corrected chi connectivity index (χ4v) is 17.7. The van der Waals surface area contributed by atoms with Gasteiger partial charge in [0.1, 0.15) is 6.26 Å². The van der Waals surface area contributed by atoms with Crippen molar-refractivity contribution in [3.8, 4) is 0 Å². The molecule has 0 aliphatic carbocycles. The Morgan fingerprint density at radius 3 is 0.853 bits per heavy atom. The van der Waals surface area contributed by atoms with E-state index in [-0.39, 0.29) is 85.2 Å². The third kappa shape index (κ3) is 36.7. The van der Waals surface area contributed by atoms with E-state index in [9.17, 15) is 33.6 Å². The van der Waals surface area contributed by atoms with Crippen molar-refractivity contribution in [3.05, 3.63) is 382 Å². The second kappa shape index (κ2) is 53.9. The van der Waals surface area contributed by atoms with E-state index < -0.39 is 0 Å². The molecule has 6 heterocycles. The molecule has 3 fully saturated rings. The van der Waals surface area contributed by atoms with E-state index in [2.05, 4.69) is 293 Å². The van der Waals surface area contributed by atoms with Gasteiger partial charge in [-0.15, -0.1) is 0 Å². The number of rotatable bonds is 19. The summed E-state index contributed by atoms with van der Waals surface area (Å²) in [5.74, 6) is -0.411. The predicted octanol–water partition coefficient (Wildman–Crippen LogP) is 27.7. The van der Waals surface area contributed by atoms with Crippen molar-refractivity contribution in [1.82, 2.24) is 29.2 Å². The number of likely N-dealkylation sites (N-methyl/N-ethyl adjacent to an activating group) is 2. The summed E-state index contributed by atoms with van der Waals surface area (Å²) < 4.78 is 6.78. The Hall–Kier alpha value is -14.0. The molecule has 10 aromatic carbocycles. The first kappa shape index (κ1) is 118. The van der Waals surface area contributed by atoms with E-state index >= 15 is 0 Å². The number of para-hydroxylation sites is 7. The summed E-state index contributed by atoms with van der Waals surface area (Å²) in [6.45, 7) is 61.8. The maximum absolute atomic E-state index is 12.7. The largest absolute Gasteiger partial charge is 0.472 e. The van der Waals surface area contributed by atoms with Gasteiger partial charge in [0, 0.05) is 165 Å². The molecule has 0 unspecified atom stereocenters. The van der Waals surface area contributed by atoms with Crippen molar-refractivity contribution in [2.45, 2.75) is 230 Å². The van der Waals surface area contributed by atoms with Crippen molar-refractivity contribution >= 4 is 86.8 Å². The van der Waals surface area contributed by atoms with Crippen LogP contribution in [0.3, 0.4) is 0 Å². The molecule has 3 saturated heterocycles. The zero-order chi connectivity index (χ0) is 109. The predicted molar refractivity (Wildman–Crippen MR) is 623 cm³/mol. The number of likely N-dealkylation sites (tertiary alicyclic amines) is 1. The normalized spacial score (nSPS) is 13.8. The molecule has 22 heteroatoms. The van der Waals surface area contributed by atoms with E-state index in [1.165, 1.54) is 67.3 Å². The highest BCUT2D eigenvalue weighted by molar-refractivity contribution is 6.08. The molecular weight excluding hydrogens is 1860 g/mol. The van der Waals surface area contributed by atoms with Crippen LogP contribution in [0, 0.1) is 5.92 Å². The molecule has 0 spiro atoms. The highest BCUT2D eigenvalue weighted by atomic mass is 16.3. The number of benzene rings is 10. The maximum Gasteiger partial charge on any atom is 0.258 e. The number of hydrogen-bond acceptors (Lipinski definition) is 13. The molecule has 0 atom stereocenters. The van der Waals surface area contributed by atoms with Gasteiger partial charge in [0.2, 0.25) is 5.91 Å². The minimum Gasteiger partial charge on any atom is -0.472 e. The first-order valence-corrected chi connectivity index (χ1v) is 52.7. The van der Waals surface area contributed by atoms with Gasteiger partial charge < -0.3 is 65.9 Å². The van der Waals surface area contributed by atoms with Crippen molar-refractivity contribution in [1.29, 1.82) is 0 Å². The summed E-state index contributed by atoms with van der Waals surface area (Å²) in [6.07, 6.45) is 14.0. The lowest BCUT2D eigenvalue weighted by Gasteiger charge is -2.34. The molecule has 150 heavy (non-hydrogen) atoms. The molecule has 796 valence electrons. The lowest BCUT2D eigenvalue weighted by Crippen LogP contribution is -2.44. The number of anilines is 8. The quantitative estimate of drug-likeness (QED) is 0.0375. The van der Waals surface area contributed by atoms with Crippen LogP contribution in [0.4, 0.5) is 45.5 Å². The third-order valence-corrected chi connectivity index (χ3v) is 26.4. The number of furan rings is 1. The molecule has 13 aromatic rings. The smallest absolute Gasteiger partial charge is 0.258 e. The Kier molecular flexibility index (Phi) is 42.4. The SMILES string of the molecule is CC(C)(C)c1ccccc1NC(=O)c1cc[nH]c1.CC(C)(C)c1ccccc1NC(=O)c1ccc(CN2CCCCC2)cc1.CC(C)(C)c1ccccc1NC(=O)c1ccoc1.CC(C)C(=O)Nc1ccccc1C(C)(C)C.CN1CCN(Cc2ccc(C(=O)Nc3ccccc3C(C)(C)C)cc2)CC1.CN1CCN(c2ccc(C(=O)Nc3ccccc3C(C)(C)C)cc2)CC1.Cn1ccc(C(=O)Nc2ccccc2C(C)(C)C)c1. The second-order valence-electron chi connectivity index (χ2n) is 46.8. The van der Waals surface area contributed by atoms with Gasteiger partial charge in [-0.2, -0.15) is 0 Å². The van der Waals surface area contributed by atoms with E-state index in [4.69, 9.17) is 4.42 Å².